The molecule has 0 unspecified atom stereocenters. The Morgan fingerprint density at radius 3 is 2.83 bits per heavy atom. The van der Waals surface area contributed by atoms with E-state index in [-0.39, 0.29) is 5.78 Å². The van der Waals surface area contributed by atoms with Crippen LogP contribution in [0.5, 0.6) is 11.5 Å². The number of ketones is 1. The Bertz CT molecular complexity index is 843. The molecular formula is C18H15ClN2O3. The Morgan fingerprint density at radius 1 is 1.29 bits per heavy atom. The highest BCUT2D eigenvalue weighted by Gasteiger charge is 2.17. The predicted molar refractivity (Wildman–Crippen MR) is 90.9 cm³/mol. The fourth-order valence-corrected chi connectivity index (χ4v) is 2.82. The molecule has 0 fully saturated rings. The monoisotopic (exact) mass is 342 g/mol. The van der Waals surface area contributed by atoms with Gasteiger partial charge in [-0.15, -0.1) is 0 Å². The zero-order chi connectivity index (χ0) is 17.1. The number of hydrogen-bond acceptors (Lipinski definition) is 5. The maximum atomic E-state index is 11.7. The van der Waals surface area contributed by atoms with Crippen molar-refractivity contribution in [1.29, 1.82) is 5.26 Å². The minimum absolute atomic E-state index is 0.0674. The van der Waals surface area contributed by atoms with E-state index in [1.54, 1.807) is 24.3 Å². The van der Waals surface area contributed by atoms with E-state index in [0.717, 1.165) is 5.56 Å². The highest BCUT2D eigenvalue weighted by atomic mass is 35.5. The molecule has 0 aliphatic carbocycles. The second kappa shape index (κ2) is 6.81. The van der Waals surface area contributed by atoms with E-state index in [4.69, 9.17) is 26.3 Å². The van der Waals surface area contributed by atoms with Gasteiger partial charge in [0, 0.05) is 17.8 Å². The molecular weight excluding hydrogens is 328 g/mol. The normalized spacial score (nSPS) is 12.4. The molecule has 0 radical (unpaired) electrons. The van der Waals surface area contributed by atoms with Crippen LogP contribution in [0.1, 0.15) is 28.4 Å². The Kier molecular flexibility index (Phi) is 4.59. The van der Waals surface area contributed by atoms with Gasteiger partial charge in [-0.1, -0.05) is 11.6 Å². The zero-order valence-electron chi connectivity index (χ0n) is 13.1. The molecule has 2 aromatic rings. The summed E-state index contributed by atoms with van der Waals surface area (Å²) in [6.07, 6.45) is 0. The molecule has 6 heteroatoms. The Labute approximate surface area is 144 Å². The summed E-state index contributed by atoms with van der Waals surface area (Å²) in [5, 5.41) is 12.7. The van der Waals surface area contributed by atoms with Crippen LogP contribution in [0.3, 0.4) is 0 Å². The summed E-state index contributed by atoms with van der Waals surface area (Å²) in [5.74, 6) is 1.10. The van der Waals surface area contributed by atoms with Crippen LogP contribution < -0.4 is 14.8 Å². The summed E-state index contributed by atoms with van der Waals surface area (Å²) in [6.45, 7) is 2.89. The largest absolute Gasteiger partial charge is 0.486 e. The molecule has 0 bridgehead atoms. The van der Waals surface area contributed by atoms with Gasteiger partial charge in [-0.2, -0.15) is 5.26 Å². The Balaban J connectivity index is 1.85. The maximum absolute atomic E-state index is 11.7. The molecule has 122 valence electrons. The lowest BCUT2D eigenvalue weighted by Crippen LogP contribution is -2.16. The molecule has 0 aromatic heterocycles. The van der Waals surface area contributed by atoms with Crippen molar-refractivity contribution in [2.45, 2.75) is 13.5 Å². The van der Waals surface area contributed by atoms with Gasteiger partial charge in [-0.05, 0) is 42.8 Å². The molecule has 24 heavy (non-hydrogen) atoms. The van der Waals surface area contributed by atoms with Gasteiger partial charge in [0.1, 0.15) is 13.2 Å². The van der Waals surface area contributed by atoms with Crippen LogP contribution >= 0.6 is 11.6 Å². The summed E-state index contributed by atoms with van der Waals surface area (Å²) < 4.78 is 11.1. The van der Waals surface area contributed by atoms with Crippen LogP contribution in [0.4, 0.5) is 5.69 Å². The number of halogens is 1. The van der Waals surface area contributed by atoms with Gasteiger partial charge in [-0.3, -0.25) is 4.79 Å². The van der Waals surface area contributed by atoms with Gasteiger partial charge in [0.15, 0.2) is 17.3 Å². The van der Waals surface area contributed by atoms with Crippen molar-refractivity contribution in [3.63, 3.8) is 0 Å². The molecule has 0 atom stereocenters. The van der Waals surface area contributed by atoms with Crippen molar-refractivity contribution in [1.82, 2.24) is 0 Å². The van der Waals surface area contributed by atoms with Crippen molar-refractivity contribution in [3.05, 3.63) is 52.0 Å². The lowest BCUT2D eigenvalue weighted by Gasteiger charge is -2.20. The highest BCUT2D eigenvalue weighted by Crippen LogP contribution is 2.38. The number of nitrogens with one attached hydrogen (secondary N) is 1. The van der Waals surface area contributed by atoms with Crippen molar-refractivity contribution in [3.8, 4) is 17.6 Å². The van der Waals surface area contributed by atoms with Gasteiger partial charge in [0.25, 0.3) is 0 Å². The first-order valence-electron chi connectivity index (χ1n) is 7.45. The fraction of sp³-hybridized carbons (Fsp3) is 0.222. The summed E-state index contributed by atoms with van der Waals surface area (Å²) in [4.78, 5) is 11.7. The van der Waals surface area contributed by atoms with E-state index in [1.165, 1.54) is 6.92 Å². The van der Waals surface area contributed by atoms with E-state index < -0.39 is 0 Å². The van der Waals surface area contributed by atoms with Crippen molar-refractivity contribution in [2.75, 3.05) is 18.5 Å². The lowest BCUT2D eigenvalue weighted by molar-refractivity contribution is 0.101. The van der Waals surface area contributed by atoms with Gasteiger partial charge in [0.2, 0.25) is 0 Å². The van der Waals surface area contributed by atoms with Crippen LogP contribution in [0.15, 0.2) is 30.3 Å². The topological polar surface area (TPSA) is 71.4 Å². The maximum Gasteiger partial charge on any atom is 0.179 e. The molecule has 2 aromatic carbocycles. The number of rotatable bonds is 4. The quantitative estimate of drug-likeness (QED) is 0.856. The number of fused-ring (bicyclic) bond motifs is 1. The lowest BCUT2D eigenvalue weighted by atomic mass is 10.1. The molecule has 1 heterocycles. The Hall–Kier alpha value is -2.71. The van der Waals surface area contributed by atoms with Gasteiger partial charge in [0.05, 0.1) is 16.7 Å². The fourth-order valence-electron chi connectivity index (χ4n) is 2.53. The molecule has 0 saturated carbocycles. The zero-order valence-corrected chi connectivity index (χ0v) is 13.8. The number of benzene rings is 2. The first kappa shape index (κ1) is 16.2. The van der Waals surface area contributed by atoms with Crippen LogP contribution in [0, 0.1) is 11.3 Å². The standard InChI is InChI=1S/C18H15ClN2O3/c1-11(22)14-3-2-12(9-20)7-16(14)21-10-13-6-15(19)18-17(8-13)23-4-5-24-18/h2-3,6-8,21H,4-5,10H2,1H3. The van der Waals surface area contributed by atoms with E-state index in [0.29, 0.717) is 53.1 Å². The molecule has 1 aliphatic rings. The first-order valence-corrected chi connectivity index (χ1v) is 7.83. The summed E-state index contributed by atoms with van der Waals surface area (Å²) in [6, 6.07) is 10.7. The van der Waals surface area contributed by atoms with Crippen LogP contribution in [-0.4, -0.2) is 19.0 Å². The third-order valence-electron chi connectivity index (χ3n) is 3.67. The van der Waals surface area contributed by atoms with E-state index in [9.17, 15) is 4.79 Å². The average Bonchev–Trinajstić information content (AvgIpc) is 2.59. The molecule has 3 rings (SSSR count). The van der Waals surface area contributed by atoms with E-state index in [1.807, 2.05) is 6.07 Å². The number of ether oxygens (including phenoxy) is 2. The molecule has 0 spiro atoms. The molecule has 0 saturated heterocycles. The smallest absolute Gasteiger partial charge is 0.179 e. The number of nitriles is 1. The molecule has 1 N–H and O–H groups in total. The Morgan fingerprint density at radius 2 is 2.08 bits per heavy atom. The highest BCUT2D eigenvalue weighted by molar-refractivity contribution is 6.32. The predicted octanol–water partition coefficient (Wildman–Crippen LogP) is 3.80. The van der Waals surface area contributed by atoms with Crippen molar-refractivity contribution in [2.24, 2.45) is 0 Å². The third-order valence-corrected chi connectivity index (χ3v) is 3.95. The van der Waals surface area contributed by atoms with Gasteiger partial charge in [-0.25, -0.2) is 0 Å². The van der Waals surface area contributed by atoms with E-state index in [2.05, 4.69) is 11.4 Å². The molecule has 1 aliphatic heterocycles. The number of nitrogens with zero attached hydrogens (tertiary/aromatic N) is 1. The number of anilines is 1. The average molecular weight is 343 g/mol. The number of Topliss-reactive ketones (excluding diaryl/α,β-unsaturated/α-hetero) is 1. The molecule has 5 nitrogen and oxygen atoms in total. The van der Waals surface area contributed by atoms with Gasteiger partial charge < -0.3 is 14.8 Å². The van der Waals surface area contributed by atoms with Crippen LogP contribution in [0.25, 0.3) is 0 Å². The summed E-state index contributed by atoms with van der Waals surface area (Å²) in [5.41, 5.74) is 2.54. The van der Waals surface area contributed by atoms with Crippen LogP contribution in [-0.2, 0) is 6.54 Å². The number of carbonyl (C=O) groups is 1. The summed E-state index contributed by atoms with van der Waals surface area (Å²) in [7, 11) is 0. The van der Waals surface area contributed by atoms with Crippen molar-refractivity contribution >= 4 is 23.1 Å². The van der Waals surface area contributed by atoms with E-state index >= 15 is 0 Å². The third kappa shape index (κ3) is 3.29. The summed E-state index contributed by atoms with van der Waals surface area (Å²) >= 11 is 6.23. The minimum Gasteiger partial charge on any atom is -0.486 e. The second-order valence-corrected chi connectivity index (χ2v) is 5.79. The minimum atomic E-state index is -0.0674. The van der Waals surface area contributed by atoms with Crippen LogP contribution in [0.2, 0.25) is 5.02 Å². The number of hydrogen-bond donors (Lipinski definition) is 1. The van der Waals surface area contributed by atoms with Gasteiger partial charge >= 0.3 is 0 Å². The molecule has 0 amide bonds. The number of carbonyl (C=O) groups excluding carboxylic acids is 1. The van der Waals surface area contributed by atoms with Crippen molar-refractivity contribution < 1.29 is 14.3 Å². The SMILES string of the molecule is CC(=O)c1ccc(C#N)cc1NCc1cc(Cl)c2c(c1)OCCO2. The first-order chi connectivity index (χ1) is 11.6. The second-order valence-electron chi connectivity index (χ2n) is 5.38.